The molecule has 1 saturated heterocycles. The molecule has 2 rings (SSSR count). The van der Waals surface area contributed by atoms with Crippen LogP contribution in [-0.2, 0) is 9.59 Å². The highest BCUT2D eigenvalue weighted by Crippen LogP contribution is 2.23. The van der Waals surface area contributed by atoms with E-state index in [0.717, 1.165) is 19.3 Å². The summed E-state index contributed by atoms with van der Waals surface area (Å²) in [6.07, 6.45) is 4.62. The van der Waals surface area contributed by atoms with Gasteiger partial charge in [-0.3, -0.25) is 14.9 Å². The lowest BCUT2D eigenvalue weighted by molar-refractivity contribution is -0.147. The Bertz CT molecular complexity index is 423. The number of hydrogen-bond donors (Lipinski definition) is 1. The minimum absolute atomic E-state index is 0.128. The van der Waals surface area contributed by atoms with E-state index in [0.29, 0.717) is 5.13 Å². The maximum atomic E-state index is 12.1. The first-order valence-corrected chi connectivity index (χ1v) is 7.00. The number of carbonyl (C=O) groups is 2. The number of anilines is 1. The molecule has 1 aromatic rings. The Morgan fingerprint density at radius 3 is 2.61 bits per heavy atom. The van der Waals surface area contributed by atoms with Gasteiger partial charge in [-0.2, -0.15) is 0 Å². The summed E-state index contributed by atoms with van der Waals surface area (Å²) in [6.45, 7) is 3.98. The fourth-order valence-corrected chi connectivity index (χ4v) is 2.90. The third-order valence-corrected chi connectivity index (χ3v) is 3.96. The molecule has 6 heteroatoms. The van der Waals surface area contributed by atoms with Crippen molar-refractivity contribution in [3.05, 3.63) is 11.6 Å². The molecule has 1 aliphatic heterocycles. The molecule has 0 bridgehead atoms. The number of piperidine rings is 1. The molecule has 1 aliphatic rings. The first-order valence-electron chi connectivity index (χ1n) is 6.12. The smallest absolute Gasteiger partial charge is 0.315 e. The number of hydrogen-bond acceptors (Lipinski definition) is 4. The summed E-state index contributed by atoms with van der Waals surface area (Å²) in [7, 11) is 0. The Morgan fingerprint density at radius 2 is 2.06 bits per heavy atom. The Hall–Kier alpha value is -1.43. The van der Waals surface area contributed by atoms with E-state index in [2.05, 4.69) is 10.3 Å². The fraction of sp³-hybridized carbons (Fsp3) is 0.583. The van der Waals surface area contributed by atoms with Gasteiger partial charge in [0.05, 0.1) is 0 Å². The third-order valence-electron chi connectivity index (χ3n) is 3.28. The Kier molecular flexibility index (Phi) is 3.96. The SMILES string of the molecule is CC1CCCC(C)N1C(=O)C(=O)Nc1nccs1. The van der Waals surface area contributed by atoms with Crippen LogP contribution in [0.3, 0.4) is 0 Å². The van der Waals surface area contributed by atoms with E-state index in [-0.39, 0.29) is 12.1 Å². The molecule has 2 atom stereocenters. The lowest BCUT2D eigenvalue weighted by Crippen LogP contribution is -2.51. The van der Waals surface area contributed by atoms with Crippen molar-refractivity contribution in [1.29, 1.82) is 0 Å². The number of nitrogens with zero attached hydrogens (tertiary/aromatic N) is 2. The average molecular weight is 267 g/mol. The van der Waals surface area contributed by atoms with E-state index in [1.54, 1.807) is 16.5 Å². The highest BCUT2D eigenvalue weighted by Gasteiger charge is 2.32. The van der Waals surface area contributed by atoms with Gasteiger partial charge in [-0.15, -0.1) is 11.3 Å². The van der Waals surface area contributed by atoms with E-state index in [1.165, 1.54) is 11.3 Å². The van der Waals surface area contributed by atoms with Gasteiger partial charge in [-0.1, -0.05) is 0 Å². The summed E-state index contributed by atoms with van der Waals surface area (Å²) in [6, 6.07) is 0.256. The predicted molar refractivity (Wildman–Crippen MR) is 70.4 cm³/mol. The van der Waals surface area contributed by atoms with Gasteiger partial charge in [0, 0.05) is 23.7 Å². The van der Waals surface area contributed by atoms with Crippen molar-refractivity contribution in [3.63, 3.8) is 0 Å². The lowest BCUT2D eigenvalue weighted by atomic mass is 9.97. The number of rotatable bonds is 1. The summed E-state index contributed by atoms with van der Waals surface area (Å²) in [5.74, 6) is -1.05. The van der Waals surface area contributed by atoms with E-state index in [1.807, 2.05) is 13.8 Å². The maximum absolute atomic E-state index is 12.1. The normalized spacial score (nSPS) is 23.8. The van der Waals surface area contributed by atoms with Crippen molar-refractivity contribution in [2.45, 2.75) is 45.2 Å². The van der Waals surface area contributed by atoms with E-state index >= 15 is 0 Å². The molecular formula is C12H17N3O2S. The van der Waals surface area contributed by atoms with Gasteiger partial charge in [0.2, 0.25) is 0 Å². The van der Waals surface area contributed by atoms with Crippen LogP contribution in [0.5, 0.6) is 0 Å². The molecule has 0 spiro atoms. The molecule has 98 valence electrons. The minimum atomic E-state index is -0.592. The van der Waals surface area contributed by atoms with Crippen LogP contribution < -0.4 is 5.32 Å². The number of carbonyl (C=O) groups excluding carboxylic acids is 2. The Labute approximate surface area is 110 Å². The first-order chi connectivity index (χ1) is 8.59. The minimum Gasteiger partial charge on any atom is -0.329 e. The van der Waals surface area contributed by atoms with Crippen molar-refractivity contribution in [2.24, 2.45) is 0 Å². The van der Waals surface area contributed by atoms with Gasteiger partial charge in [0.15, 0.2) is 5.13 Å². The zero-order valence-electron chi connectivity index (χ0n) is 10.5. The number of amides is 2. The van der Waals surface area contributed by atoms with Crippen molar-refractivity contribution < 1.29 is 9.59 Å². The van der Waals surface area contributed by atoms with Crippen LogP contribution >= 0.6 is 11.3 Å². The van der Waals surface area contributed by atoms with Crippen LogP contribution in [0.15, 0.2) is 11.6 Å². The maximum Gasteiger partial charge on any atom is 0.315 e. The standard InChI is InChI=1S/C12H17N3O2S/c1-8-4-3-5-9(2)15(8)11(17)10(16)14-12-13-6-7-18-12/h6-9H,3-5H2,1-2H3,(H,13,14,16). The van der Waals surface area contributed by atoms with Gasteiger partial charge in [0.25, 0.3) is 0 Å². The highest BCUT2D eigenvalue weighted by atomic mass is 32.1. The quantitative estimate of drug-likeness (QED) is 0.790. The van der Waals surface area contributed by atoms with Crippen molar-refractivity contribution in [3.8, 4) is 0 Å². The molecule has 0 saturated carbocycles. The van der Waals surface area contributed by atoms with E-state index in [4.69, 9.17) is 0 Å². The van der Waals surface area contributed by atoms with Gasteiger partial charge in [-0.05, 0) is 33.1 Å². The second-order valence-electron chi connectivity index (χ2n) is 4.63. The lowest BCUT2D eigenvalue weighted by Gasteiger charge is -2.38. The van der Waals surface area contributed by atoms with Crippen molar-refractivity contribution in [2.75, 3.05) is 5.32 Å². The molecule has 1 fully saturated rings. The monoisotopic (exact) mass is 267 g/mol. The van der Waals surface area contributed by atoms with Crippen molar-refractivity contribution >= 4 is 28.3 Å². The number of thiazole rings is 1. The molecule has 2 amide bonds. The summed E-state index contributed by atoms with van der Waals surface area (Å²) >= 11 is 1.30. The van der Waals surface area contributed by atoms with Crippen LogP contribution in [-0.4, -0.2) is 33.8 Å². The summed E-state index contributed by atoms with van der Waals surface area (Å²) in [5.41, 5.74) is 0. The van der Waals surface area contributed by atoms with Crippen LogP contribution in [0.4, 0.5) is 5.13 Å². The molecular weight excluding hydrogens is 250 g/mol. The van der Waals surface area contributed by atoms with Gasteiger partial charge < -0.3 is 4.90 Å². The average Bonchev–Trinajstić information content (AvgIpc) is 2.81. The molecule has 0 aromatic carbocycles. The second kappa shape index (κ2) is 5.48. The van der Waals surface area contributed by atoms with Gasteiger partial charge in [-0.25, -0.2) is 4.98 Å². The molecule has 1 aromatic heterocycles. The van der Waals surface area contributed by atoms with E-state index < -0.39 is 11.8 Å². The Balaban J connectivity index is 2.03. The van der Waals surface area contributed by atoms with Crippen LogP contribution in [0.1, 0.15) is 33.1 Å². The molecule has 2 unspecified atom stereocenters. The molecule has 18 heavy (non-hydrogen) atoms. The first kappa shape index (κ1) is 13.0. The van der Waals surface area contributed by atoms with Crippen molar-refractivity contribution in [1.82, 2.24) is 9.88 Å². The van der Waals surface area contributed by atoms with Crippen LogP contribution in [0.2, 0.25) is 0 Å². The molecule has 5 nitrogen and oxygen atoms in total. The molecule has 2 heterocycles. The second-order valence-corrected chi connectivity index (χ2v) is 5.53. The van der Waals surface area contributed by atoms with E-state index in [9.17, 15) is 9.59 Å². The number of likely N-dealkylation sites (tertiary alicyclic amines) is 1. The van der Waals surface area contributed by atoms with Crippen LogP contribution in [0, 0.1) is 0 Å². The zero-order chi connectivity index (χ0) is 13.1. The summed E-state index contributed by atoms with van der Waals surface area (Å²) in [4.78, 5) is 29.6. The van der Waals surface area contributed by atoms with Gasteiger partial charge in [0.1, 0.15) is 0 Å². The van der Waals surface area contributed by atoms with Gasteiger partial charge >= 0.3 is 11.8 Å². The highest BCUT2D eigenvalue weighted by molar-refractivity contribution is 7.13. The van der Waals surface area contributed by atoms with Crippen LogP contribution in [0.25, 0.3) is 0 Å². The zero-order valence-corrected chi connectivity index (χ0v) is 11.4. The molecule has 0 aliphatic carbocycles. The topological polar surface area (TPSA) is 62.3 Å². The summed E-state index contributed by atoms with van der Waals surface area (Å²) in [5, 5.41) is 4.76. The summed E-state index contributed by atoms with van der Waals surface area (Å²) < 4.78 is 0. The largest absolute Gasteiger partial charge is 0.329 e. The number of nitrogens with one attached hydrogen (secondary N) is 1. The Morgan fingerprint density at radius 1 is 1.39 bits per heavy atom. The molecule has 1 N–H and O–H groups in total. The predicted octanol–water partition coefficient (Wildman–Crippen LogP) is 1.87. The number of aromatic nitrogens is 1. The third kappa shape index (κ3) is 2.69. The fourth-order valence-electron chi connectivity index (χ4n) is 2.37. The molecule has 0 radical (unpaired) electrons.